The van der Waals surface area contributed by atoms with Gasteiger partial charge < -0.3 is 5.32 Å². The summed E-state index contributed by atoms with van der Waals surface area (Å²) < 4.78 is 0. The Morgan fingerprint density at radius 1 is 1.00 bits per heavy atom. The summed E-state index contributed by atoms with van der Waals surface area (Å²) in [6.45, 7) is 6.27. The summed E-state index contributed by atoms with van der Waals surface area (Å²) in [4.78, 5) is 13.0. The van der Waals surface area contributed by atoms with Crippen molar-refractivity contribution in [2.75, 3.05) is 5.32 Å². The van der Waals surface area contributed by atoms with Crippen LogP contribution in [0.4, 0.5) is 5.69 Å². The quantitative estimate of drug-likeness (QED) is 0.869. The summed E-state index contributed by atoms with van der Waals surface area (Å²) >= 11 is 0. The predicted molar refractivity (Wildman–Crippen MR) is 86.6 cm³/mol. The molecule has 0 saturated carbocycles. The number of fused-ring (bicyclic) bond motifs is 1. The molecule has 0 radical (unpaired) electrons. The minimum atomic E-state index is -0.0269. The molecule has 1 aliphatic rings. The molecule has 0 saturated heterocycles. The molecule has 0 fully saturated rings. The second kappa shape index (κ2) is 5.36. The van der Waals surface area contributed by atoms with Gasteiger partial charge in [-0.2, -0.15) is 0 Å². The lowest BCUT2D eigenvalue weighted by Gasteiger charge is -2.36. The Kier molecular flexibility index (Phi) is 3.54. The van der Waals surface area contributed by atoms with E-state index in [2.05, 4.69) is 31.3 Å². The molecule has 2 nitrogen and oxygen atoms in total. The number of aryl methyl sites for hydroxylation is 1. The van der Waals surface area contributed by atoms with Gasteiger partial charge in [0.1, 0.15) is 0 Å². The number of hydrogen-bond acceptors (Lipinski definition) is 2. The highest BCUT2D eigenvalue weighted by molar-refractivity contribution is 6.06. The Hall–Kier alpha value is -2.09. The molecule has 0 bridgehead atoms. The van der Waals surface area contributed by atoms with E-state index in [0.717, 1.165) is 16.8 Å². The van der Waals surface area contributed by atoms with Gasteiger partial charge in [0.15, 0.2) is 5.78 Å². The largest absolute Gasteiger partial charge is 0.377 e. The number of nitrogens with one attached hydrogen (secondary N) is 1. The lowest BCUT2D eigenvalue weighted by atomic mass is 9.75. The Morgan fingerprint density at radius 2 is 1.71 bits per heavy atom. The first kappa shape index (κ1) is 13.9. The first-order valence-electron chi connectivity index (χ1n) is 7.55. The minimum Gasteiger partial charge on any atom is -0.377 e. The fraction of sp³-hybridized carbons (Fsp3) is 0.316. The highest BCUT2D eigenvalue weighted by Crippen LogP contribution is 2.41. The molecule has 2 atom stereocenters. The van der Waals surface area contributed by atoms with Gasteiger partial charge in [0, 0.05) is 17.2 Å². The van der Waals surface area contributed by atoms with Crippen LogP contribution in [0.25, 0.3) is 0 Å². The third-order valence-corrected chi connectivity index (χ3v) is 4.37. The van der Waals surface area contributed by atoms with E-state index in [4.69, 9.17) is 0 Å². The predicted octanol–water partition coefficient (Wildman–Crippen LogP) is 4.62. The van der Waals surface area contributed by atoms with Crippen LogP contribution in [-0.2, 0) is 0 Å². The number of Topliss-reactive ketones (excluding diaryl/α,β-unsaturated/α-hetero) is 1. The Morgan fingerprint density at radius 3 is 2.38 bits per heavy atom. The third kappa shape index (κ3) is 2.35. The van der Waals surface area contributed by atoms with Crippen molar-refractivity contribution in [2.24, 2.45) is 11.8 Å². The SMILES string of the molecule is Cc1cccc2c1C(=O)C(C(C)C)C(c1ccccc1)N2. The molecule has 0 aromatic heterocycles. The molecule has 3 rings (SSSR count). The van der Waals surface area contributed by atoms with Gasteiger partial charge in [-0.15, -0.1) is 0 Å². The van der Waals surface area contributed by atoms with E-state index >= 15 is 0 Å². The maximum Gasteiger partial charge on any atom is 0.170 e. The van der Waals surface area contributed by atoms with Gasteiger partial charge in [-0.05, 0) is 30.0 Å². The fourth-order valence-corrected chi connectivity index (χ4v) is 3.33. The molecule has 2 aromatic carbocycles. The van der Waals surface area contributed by atoms with E-state index < -0.39 is 0 Å². The molecular formula is C19H21NO. The van der Waals surface area contributed by atoms with E-state index in [1.54, 1.807) is 0 Å². The molecule has 21 heavy (non-hydrogen) atoms. The normalized spacial score (nSPS) is 21.0. The van der Waals surface area contributed by atoms with Crippen molar-refractivity contribution in [3.63, 3.8) is 0 Å². The number of hydrogen-bond donors (Lipinski definition) is 1. The van der Waals surface area contributed by atoms with Gasteiger partial charge in [0.2, 0.25) is 0 Å². The van der Waals surface area contributed by atoms with Crippen LogP contribution in [0, 0.1) is 18.8 Å². The second-order valence-electron chi connectivity index (χ2n) is 6.16. The van der Waals surface area contributed by atoms with Crippen LogP contribution in [0.5, 0.6) is 0 Å². The molecule has 1 heterocycles. The van der Waals surface area contributed by atoms with Crippen molar-refractivity contribution in [1.82, 2.24) is 0 Å². The molecule has 108 valence electrons. The molecule has 2 heteroatoms. The van der Waals surface area contributed by atoms with Gasteiger partial charge in [-0.3, -0.25) is 4.79 Å². The molecular weight excluding hydrogens is 258 g/mol. The molecule has 0 aliphatic carbocycles. The van der Waals surface area contributed by atoms with Gasteiger partial charge in [0.25, 0.3) is 0 Å². The summed E-state index contributed by atoms with van der Waals surface area (Å²) in [7, 11) is 0. The number of anilines is 1. The zero-order chi connectivity index (χ0) is 15.0. The average Bonchev–Trinajstić information content (AvgIpc) is 2.47. The third-order valence-electron chi connectivity index (χ3n) is 4.37. The van der Waals surface area contributed by atoms with E-state index in [1.165, 1.54) is 5.56 Å². The van der Waals surface area contributed by atoms with E-state index in [-0.39, 0.29) is 17.7 Å². The van der Waals surface area contributed by atoms with E-state index in [9.17, 15) is 4.79 Å². The maximum absolute atomic E-state index is 13.0. The Labute approximate surface area is 126 Å². The summed E-state index contributed by atoms with van der Waals surface area (Å²) in [5.41, 5.74) is 4.06. The molecule has 1 N–H and O–H groups in total. The maximum atomic E-state index is 13.0. The molecule has 0 spiro atoms. The zero-order valence-electron chi connectivity index (χ0n) is 12.8. The van der Waals surface area contributed by atoms with E-state index in [0.29, 0.717) is 5.92 Å². The molecule has 2 aromatic rings. The molecule has 1 aliphatic heterocycles. The standard InChI is InChI=1S/C19H21NO/c1-12(2)16-18(14-9-5-4-6-10-14)20-15-11-7-8-13(3)17(15)19(16)21/h4-12,16,18,20H,1-3H3. The first-order chi connectivity index (χ1) is 10.1. The van der Waals surface area contributed by atoms with Crippen LogP contribution in [0.15, 0.2) is 48.5 Å². The van der Waals surface area contributed by atoms with Crippen LogP contribution in [-0.4, -0.2) is 5.78 Å². The van der Waals surface area contributed by atoms with Crippen molar-refractivity contribution in [3.8, 4) is 0 Å². The number of carbonyl (C=O) groups is 1. The topological polar surface area (TPSA) is 29.1 Å². The zero-order valence-corrected chi connectivity index (χ0v) is 12.8. The smallest absolute Gasteiger partial charge is 0.170 e. The van der Waals surface area contributed by atoms with Crippen molar-refractivity contribution in [2.45, 2.75) is 26.8 Å². The monoisotopic (exact) mass is 279 g/mol. The van der Waals surface area contributed by atoms with Crippen LogP contribution in [0.1, 0.15) is 41.4 Å². The summed E-state index contributed by atoms with van der Waals surface area (Å²) in [6, 6.07) is 16.3. The van der Waals surface area contributed by atoms with Crippen LogP contribution < -0.4 is 5.32 Å². The lowest BCUT2D eigenvalue weighted by molar-refractivity contribution is 0.0857. The van der Waals surface area contributed by atoms with Crippen molar-refractivity contribution in [3.05, 3.63) is 65.2 Å². The van der Waals surface area contributed by atoms with E-state index in [1.807, 2.05) is 43.3 Å². The Balaban J connectivity index is 2.12. The van der Waals surface area contributed by atoms with Crippen LogP contribution in [0.3, 0.4) is 0 Å². The summed E-state index contributed by atoms with van der Waals surface area (Å²) in [5, 5.41) is 3.60. The van der Waals surface area contributed by atoms with Crippen molar-refractivity contribution >= 4 is 11.5 Å². The molecule has 0 amide bonds. The lowest BCUT2D eigenvalue weighted by Crippen LogP contribution is -2.37. The van der Waals surface area contributed by atoms with Gasteiger partial charge in [-0.25, -0.2) is 0 Å². The number of benzene rings is 2. The first-order valence-corrected chi connectivity index (χ1v) is 7.55. The van der Waals surface area contributed by atoms with Crippen LogP contribution in [0.2, 0.25) is 0 Å². The highest BCUT2D eigenvalue weighted by Gasteiger charge is 2.38. The minimum absolute atomic E-state index is 0.0269. The van der Waals surface area contributed by atoms with Gasteiger partial charge in [0.05, 0.1) is 6.04 Å². The number of carbonyl (C=O) groups excluding carboxylic acids is 1. The Bertz CT molecular complexity index is 661. The highest BCUT2D eigenvalue weighted by atomic mass is 16.1. The van der Waals surface area contributed by atoms with Crippen molar-refractivity contribution in [1.29, 1.82) is 0 Å². The number of rotatable bonds is 2. The van der Waals surface area contributed by atoms with Crippen LogP contribution >= 0.6 is 0 Å². The van der Waals surface area contributed by atoms with Crippen molar-refractivity contribution < 1.29 is 4.79 Å². The van der Waals surface area contributed by atoms with Gasteiger partial charge >= 0.3 is 0 Å². The fourth-order valence-electron chi connectivity index (χ4n) is 3.33. The molecule has 2 unspecified atom stereocenters. The summed E-state index contributed by atoms with van der Waals surface area (Å²) in [5.74, 6) is 0.537. The number of ketones is 1. The average molecular weight is 279 g/mol. The van der Waals surface area contributed by atoms with Gasteiger partial charge in [-0.1, -0.05) is 56.3 Å². The summed E-state index contributed by atoms with van der Waals surface area (Å²) in [6.07, 6.45) is 0. The second-order valence-corrected chi connectivity index (χ2v) is 6.16.